The van der Waals surface area contributed by atoms with Crippen molar-refractivity contribution in [2.75, 3.05) is 19.6 Å². The van der Waals surface area contributed by atoms with E-state index in [0.717, 1.165) is 50.6 Å². The SMILES string of the molecule is CC(C)(C)OC(=O)N1CCC2(CC1)CNC2c1cnc(C(=O)NC2CCC(Oc3ccc(C#N)c(Cl)c3)CC2)nc1. The van der Waals surface area contributed by atoms with Gasteiger partial charge in [-0.05, 0) is 71.4 Å². The van der Waals surface area contributed by atoms with Gasteiger partial charge in [-0.25, -0.2) is 14.8 Å². The van der Waals surface area contributed by atoms with E-state index in [2.05, 4.69) is 20.6 Å². The topological polar surface area (TPSA) is 129 Å². The number of hydrogen-bond acceptors (Lipinski definition) is 8. The first-order chi connectivity index (χ1) is 19.5. The van der Waals surface area contributed by atoms with Gasteiger partial charge in [-0.15, -0.1) is 0 Å². The molecule has 2 aromatic rings. The monoisotopic (exact) mass is 580 g/mol. The van der Waals surface area contributed by atoms with E-state index < -0.39 is 5.60 Å². The fourth-order valence-electron chi connectivity index (χ4n) is 5.92. The number of aromatic nitrogens is 2. The molecule has 2 aliphatic heterocycles. The van der Waals surface area contributed by atoms with Gasteiger partial charge in [0.15, 0.2) is 0 Å². The first-order valence-corrected chi connectivity index (χ1v) is 14.6. The molecule has 2 amide bonds. The van der Waals surface area contributed by atoms with Crippen molar-refractivity contribution in [2.24, 2.45) is 5.41 Å². The van der Waals surface area contributed by atoms with E-state index in [9.17, 15) is 9.59 Å². The summed E-state index contributed by atoms with van der Waals surface area (Å²) in [5.41, 5.74) is 0.924. The number of nitrogens with zero attached hydrogens (tertiary/aromatic N) is 4. The van der Waals surface area contributed by atoms with Crippen LogP contribution in [0.3, 0.4) is 0 Å². The Balaban J connectivity index is 1.09. The number of hydrogen-bond donors (Lipinski definition) is 2. The third-order valence-electron chi connectivity index (χ3n) is 8.26. The number of nitrogens with one attached hydrogen (secondary N) is 2. The second-order valence-corrected chi connectivity index (χ2v) is 12.7. The summed E-state index contributed by atoms with van der Waals surface area (Å²) in [6.45, 7) is 7.83. The Labute approximate surface area is 245 Å². The maximum absolute atomic E-state index is 12.9. The number of likely N-dealkylation sites (tertiary alicyclic amines) is 1. The van der Waals surface area contributed by atoms with Crippen LogP contribution in [0.25, 0.3) is 0 Å². The van der Waals surface area contributed by atoms with E-state index in [-0.39, 0.29) is 41.4 Å². The standard InChI is InChI=1S/C30H37ClN6O4/c1-29(2,3)41-28(39)37-12-10-30(11-13-37)18-35-25(30)20-16-33-26(34-17-20)27(38)36-21-5-8-22(9-6-21)40-23-7-4-19(15-32)24(31)14-23/h4,7,14,16-17,21-22,25,35H,5-6,8-13,18H2,1-3H3,(H,36,38). The molecule has 1 atom stereocenters. The summed E-state index contributed by atoms with van der Waals surface area (Å²) in [5.74, 6) is 0.528. The van der Waals surface area contributed by atoms with Crippen LogP contribution in [0.5, 0.6) is 5.75 Å². The molecule has 5 rings (SSSR count). The molecule has 1 aromatic carbocycles. The van der Waals surface area contributed by atoms with Crippen LogP contribution in [0.15, 0.2) is 30.6 Å². The van der Waals surface area contributed by atoms with E-state index in [4.69, 9.17) is 26.3 Å². The minimum Gasteiger partial charge on any atom is -0.490 e. The van der Waals surface area contributed by atoms with Crippen LogP contribution in [-0.4, -0.2) is 64.2 Å². The second kappa shape index (κ2) is 11.8. The van der Waals surface area contributed by atoms with Crippen molar-refractivity contribution in [1.29, 1.82) is 5.26 Å². The van der Waals surface area contributed by atoms with Crippen molar-refractivity contribution in [3.8, 4) is 11.8 Å². The lowest BCUT2D eigenvalue weighted by Gasteiger charge is -2.54. The quantitative estimate of drug-likeness (QED) is 0.517. The first kappa shape index (κ1) is 29.1. The van der Waals surface area contributed by atoms with Gasteiger partial charge in [0.25, 0.3) is 5.91 Å². The second-order valence-electron chi connectivity index (χ2n) is 12.3. The highest BCUT2D eigenvalue weighted by molar-refractivity contribution is 6.31. The molecule has 218 valence electrons. The van der Waals surface area contributed by atoms with Crippen LogP contribution in [0.2, 0.25) is 5.02 Å². The lowest BCUT2D eigenvalue weighted by atomic mass is 9.65. The molecule has 0 bridgehead atoms. The molecule has 2 saturated heterocycles. The number of rotatable bonds is 5. The zero-order valence-corrected chi connectivity index (χ0v) is 24.5. The molecule has 10 nitrogen and oxygen atoms in total. The summed E-state index contributed by atoms with van der Waals surface area (Å²) < 4.78 is 11.6. The van der Waals surface area contributed by atoms with Crippen LogP contribution >= 0.6 is 11.6 Å². The third-order valence-corrected chi connectivity index (χ3v) is 8.58. The Morgan fingerprint density at radius 1 is 1.15 bits per heavy atom. The molecule has 41 heavy (non-hydrogen) atoms. The van der Waals surface area contributed by atoms with Crippen molar-refractivity contribution in [3.63, 3.8) is 0 Å². The summed E-state index contributed by atoms with van der Waals surface area (Å²) in [5, 5.41) is 16.0. The number of nitriles is 1. The van der Waals surface area contributed by atoms with Crippen LogP contribution in [-0.2, 0) is 4.74 Å². The lowest BCUT2D eigenvalue weighted by molar-refractivity contribution is -0.0182. The fourth-order valence-corrected chi connectivity index (χ4v) is 6.14. The van der Waals surface area contributed by atoms with Gasteiger partial charge in [0.1, 0.15) is 17.4 Å². The number of amides is 2. The Hall–Kier alpha value is -3.42. The molecule has 1 aromatic heterocycles. The van der Waals surface area contributed by atoms with Gasteiger partial charge >= 0.3 is 6.09 Å². The third kappa shape index (κ3) is 6.74. The number of ether oxygens (including phenoxy) is 2. The van der Waals surface area contributed by atoms with E-state index in [0.29, 0.717) is 29.4 Å². The molecule has 2 N–H and O–H groups in total. The van der Waals surface area contributed by atoms with Gasteiger partial charge in [0.05, 0.1) is 16.7 Å². The van der Waals surface area contributed by atoms with Crippen LogP contribution in [0.1, 0.15) is 87.1 Å². The van der Waals surface area contributed by atoms with Gasteiger partial charge in [0.2, 0.25) is 5.82 Å². The minimum absolute atomic E-state index is 0.0287. The average molecular weight is 581 g/mol. The molecule has 1 saturated carbocycles. The number of benzene rings is 1. The predicted octanol–water partition coefficient (Wildman–Crippen LogP) is 4.78. The summed E-state index contributed by atoms with van der Waals surface area (Å²) in [6.07, 6.45) is 8.16. The Morgan fingerprint density at radius 3 is 2.39 bits per heavy atom. The van der Waals surface area contributed by atoms with Gasteiger partial charge in [-0.2, -0.15) is 5.26 Å². The number of carbonyl (C=O) groups excluding carboxylic acids is 2. The molecular formula is C30H37ClN6O4. The summed E-state index contributed by atoms with van der Waals surface area (Å²) in [7, 11) is 0. The molecule has 1 unspecified atom stereocenters. The van der Waals surface area contributed by atoms with Crippen molar-refractivity contribution >= 4 is 23.6 Å². The van der Waals surface area contributed by atoms with Crippen molar-refractivity contribution in [2.45, 2.75) is 83.1 Å². The minimum atomic E-state index is -0.506. The first-order valence-electron chi connectivity index (χ1n) is 14.3. The maximum atomic E-state index is 12.9. The van der Waals surface area contributed by atoms with Gasteiger partial charge in [0, 0.05) is 61.2 Å². The van der Waals surface area contributed by atoms with Crippen molar-refractivity contribution in [3.05, 3.63) is 52.6 Å². The molecular weight excluding hydrogens is 544 g/mol. The highest BCUT2D eigenvalue weighted by atomic mass is 35.5. The molecule has 1 aliphatic carbocycles. The largest absolute Gasteiger partial charge is 0.490 e. The van der Waals surface area contributed by atoms with Crippen LogP contribution in [0, 0.1) is 16.7 Å². The zero-order chi connectivity index (χ0) is 29.2. The van der Waals surface area contributed by atoms with Gasteiger partial charge in [-0.1, -0.05) is 11.6 Å². The predicted molar refractivity (Wildman–Crippen MR) is 153 cm³/mol. The van der Waals surface area contributed by atoms with Crippen LogP contribution < -0.4 is 15.4 Å². The Kier molecular flexibility index (Phi) is 8.39. The highest BCUT2D eigenvalue weighted by Gasteiger charge is 2.49. The molecule has 3 aliphatic rings. The van der Waals surface area contributed by atoms with E-state index >= 15 is 0 Å². The summed E-state index contributed by atoms with van der Waals surface area (Å²) in [6, 6.07) is 7.26. The van der Waals surface area contributed by atoms with Crippen molar-refractivity contribution in [1.82, 2.24) is 25.5 Å². The normalized spacial score (nSPS) is 23.7. The summed E-state index contributed by atoms with van der Waals surface area (Å²) in [4.78, 5) is 35.9. The summed E-state index contributed by atoms with van der Waals surface area (Å²) >= 11 is 6.11. The molecule has 3 fully saturated rings. The average Bonchev–Trinajstić information content (AvgIpc) is 2.93. The highest BCUT2D eigenvalue weighted by Crippen LogP contribution is 2.48. The number of piperidine rings is 1. The van der Waals surface area contributed by atoms with Crippen LogP contribution in [0.4, 0.5) is 4.79 Å². The maximum Gasteiger partial charge on any atom is 0.410 e. The fraction of sp³-hybridized carbons (Fsp3) is 0.567. The Morgan fingerprint density at radius 2 is 1.83 bits per heavy atom. The number of halogens is 1. The number of carbonyl (C=O) groups is 2. The van der Waals surface area contributed by atoms with Gasteiger partial charge < -0.3 is 25.0 Å². The smallest absolute Gasteiger partial charge is 0.410 e. The van der Waals surface area contributed by atoms with Gasteiger partial charge in [-0.3, -0.25) is 4.79 Å². The van der Waals surface area contributed by atoms with Crippen molar-refractivity contribution < 1.29 is 19.1 Å². The molecule has 0 radical (unpaired) electrons. The molecule has 1 spiro atoms. The zero-order valence-electron chi connectivity index (χ0n) is 23.8. The Bertz CT molecular complexity index is 1310. The lowest BCUT2D eigenvalue weighted by Crippen LogP contribution is -2.61. The molecule has 11 heteroatoms. The molecule has 3 heterocycles. The van der Waals surface area contributed by atoms with E-state index in [1.807, 2.05) is 26.8 Å². The van der Waals surface area contributed by atoms with E-state index in [1.165, 1.54) is 0 Å². The van der Waals surface area contributed by atoms with E-state index in [1.54, 1.807) is 35.5 Å².